The number of hydrogen-bond acceptors (Lipinski definition) is 2. The number of nitrogens with two attached hydrogens (primary N) is 1. The number of imidazole rings is 1. The monoisotopic (exact) mass is 293 g/mol. The maximum Gasteiger partial charge on any atom is 0.131 e. The van der Waals surface area contributed by atoms with E-state index < -0.39 is 0 Å². The lowest BCUT2D eigenvalue weighted by atomic mass is 10.1. The molecule has 90 valence electrons. The van der Waals surface area contributed by atoms with Crippen molar-refractivity contribution in [3.63, 3.8) is 0 Å². The summed E-state index contributed by atoms with van der Waals surface area (Å²) in [6.45, 7) is 6.96. The van der Waals surface area contributed by atoms with Crippen LogP contribution in [0, 0.1) is 13.8 Å². The molecule has 0 aliphatic rings. The predicted octanol–water partition coefficient (Wildman–Crippen LogP) is 3.53. The molecule has 0 bridgehead atoms. The highest BCUT2D eigenvalue weighted by Crippen LogP contribution is 2.29. The van der Waals surface area contributed by atoms with Crippen LogP contribution in [-0.4, -0.2) is 9.55 Å². The van der Waals surface area contributed by atoms with Crippen LogP contribution < -0.4 is 5.73 Å². The van der Waals surface area contributed by atoms with Crippen molar-refractivity contribution in [2.24, 2.45) is 0 Å². The molecule has 0 saturated carbocycles. The second-order valence-electron chi connectivity index (χ2n) is 4.10. The van der Waals surface area contributed by atoms with Crippen molar-refractivity contribution >= 4 is 21.7 Å². The molecule has 0 radical (unpaired) electrons. The Morgan fingerprint density at radius 1 is 1.35 bits per heavy atom. The zero-order valence-corrected chi connectivity index (χ0v) is 11.9. The minimum absolute atomic E-state index is 0.737. The summed E-state index contributed by atoms with van der Waals surface area (Å²) in [7, 11) is 0. The van der Waals surface area contributed by atoms with Gasteiger partial charge >= 0.3 is 0 Å². The summed E-state index contributed by atoms with van der Waals surface area (Å²) in [4.78, 5) is 4.54. The van der Waals surface area contributed by atoms with Crippen molar-refractivity contribution in [3.05, 3.63) is 34.1 Å². The van der Waals surface area contributed by atoms with Gasteiger partial charge in [-0.25, -0.2) is 4.98 Å². The Morgan fingerprint density at radius 3 is 2.59 bits per heavy atom. The number of hydrogen-bond donors (Lipinski definition) is 1. The molecule has 4 heteroatoms. The summed E-state index contributed by atoms with van der Waals surface area (Å²) in [6.07, 6.45) is 0. The van der Waals surface area contributed by atoms with Crippen LogP contribution in [0.5, 0.6) is 0 Å². The summed E-state index contributed by atoms with van der Waals surface area (Å²) in [5, 5.41) is 0. The highest BCUT2D eigenvalue weighted by atomic mass is 79.9. The molecular weight excluding hydrogens is 278 g/mol. The second-order valence-corrected chi connectivity index (χ2v) is 4.96. The second kappa shape index (κ2) is 4.53. The van der Waals surface area contributed by atoms with Gasteiger partial charge in [0.25, 0.3) is 0 Å². The maximum atomic E-state index is 6.12. The normalized spacial score (nSPS) is 10.8. The van der Waals surface area contributed by atoms with E-state index in [2.05, 4.69) is 53.0 Å². The van der Waals surface area contributed by atoms with Crippen LogP contribution in [0.25, 0.3) is 11.3 Å². The van der Waals surface area contributed by atoms with Gasteiger partial charge in [0.05, 0.1) is 0 Å². The molecule has 0 aliphatic heterocycles. The van der Waals surface area contributed by atoms with Gasteiger partial charge in [0.2, 0.25) is 0 Å². The number of nitrogens with zero attached hydrogens (tertiary/aromatic N) is 2. The highest BCUT2D eigenvalue weighted by molar-refractivity contribution is 9.10. The number of aromatic nitrogens is 2. The van der Waals surface area contributed by atoms with E-state index in [-0.39, 0.29) is 0 Å². The summed E-state index contributed by atoms with van der Waals surface area (Å²) in [5.41, 5.74) is 9.24. The highest BCUT2D eigenvalue weighted by Gasteiger charge is 2.12. The molecule has 0 atom stereocenters. The van der Waals surface area contributed by atoms with Crippen molar-refractivity contribution in [1.82, 2.24) is 9.55 Å². The molecule has 2 aromatic rings. The number of benzene rings is 1. The molecule has 0 amide bonds. The Kier molecular flexibility index (Phi) is 3.24. The molecule has 0 fully saturated rings. The molecule has 3 nitrogen and oxygen atoms in total. The summed E-state index contributed by atoms with van der Waals surface area (Å²) in [6, 6.07) is 6.19. The molecule has 1 heterocycles. The summed E-state index contributed by atoms with van der Waals surface area (Å²) < 4.78 is 3.10. The Hall–Kier alpha value is -1.29. The van der Waals surface area contributed by atoms with Crippen molar-refractivity contribution in [1.29, 1.82) is 0 Å². The Bertz CT molecular complexity index is 558. The van der Waals surface area contributed by atoms with Gasteiger partial charge in [-0.2, -0.15) is 0 Å². The molecule has 0 unspecified atom stereocenters. The van der Waals surface area contributed by atoms with Gasteiger partial charge in [-0.3, -0.25) is 0 Å². The minimum Gasteiger partial charge on any atom is -0.383 e. The van der Waals surface area contributed by atoms with E-state index in [4.69, 9.17) is 5.73 Å². The van der Waals surface area contributed by atoms with E-state index in [1.54, 1.807) is 0 Å². The SMILES string of the molecule is CCn1c(C)nc(-c2ccc(C)c(Br)c2)c1N. The van der Waals surface area contributed by atoms with Crippen molar-refractivity contribution < 1.29 is 0 Å². The number of anilines is 1. The molecular formula is C13H16BrN3. The molecule has 0 spiro atoms. The van der Waals surface area contributed by atoms with Gasteiger partial charge in [-0.15, -0.1) is 0 Å². The van der Waals surface area contributed by atoms with Gasteiger partial charge in [0, 0.05) is 16.6 Å². The van der Waals surface area contributed by atoms with Crippen LogP contribution in [0.15, 0.2) is 22.7 Å². The Balaban J connectivity index is 2.57. The predicted molar refractivity (Wildman–Crippen MR) is 74.9 cm³/mol. The van der Waals surface area contributed by atoms with E-state index in [1.807, 2.05) is 11.5 Å². The maximum absolute atomic E-state index is 6.12. The molecule has 0 aliphatic carbocycles. The van der Waals surface area contributed by atoms with Crippen molar-refractivity contribution in [2.75, 3.05) is 5.73 Å². The first-order chi connectivity index (χ1) is 8.04. The first kappa shape index (κ1) is 12.2. The molecule has 17 heavy (non-hydrogen) atoms. The zero-order chi connectivity index (χ0) is 12.6. The van der Waals surface area contributed by atoms with Crippen LogP contribution in [-0.2, 0) is 6.54 Å². The van der Waals surface area contributed by atoms with Crippen molar-refractivity contribution in [3.8, 4) is 11.3 Å². The zero-order valence-electron chi connectivity index (χ0n) is 10.3. The molecule has 0 saturated heterocycles. The van der Waals surface area contributed by atoms with E-state index in [1.165, 1.54) is 5.56 Å². The first-order valence-electron chi connectivity index (χ1n) is 5.63. The van der Waals surface area contributed by atoms with E-state index >= 15 is 0 Å². The topological polar surface area (TPSA) is 43.8 Å². The van der Waals surface area contributed by atoms with Crippen LogP contribution in [0.1, 0.15) is 18.3 Å². The molecule has 2 rings (SSSR count). The number of rotatable bonds is 2. The van der Waals surface area contributed by atoms with Gasteiger partial charge in [0.15, 0.2) is 0 Å². The largest absolute Gasteiger partial charge is 0.383 e. The minimum atomic E-state index is 0.737. The fraction of sp³-hybridized carbons (Fsp3) is 0.308. The van der Waals surface area contributed by atoms with Crippen LogP contribution in [0.2, 0.25) is 0 Å². The average molecular weight is 294 g/mol. The molecule has 1 aromatic heterocycles. The van der Waals surface area contributed by atoms with Gasteiger partial charge in [-0.1, -0.05) is 28.1 Å². The number of halogens is 1. The van der Waals surface area contributed by atoms with Crippen LogP contribution >= 0.6 is 15.9 Å². The third kappa shape index (κ3) is 2.09. The van der Waals surface area contributed by atoms with Crippen molar-refractivity contribution in [2.45, 2.75) is 27.3 Å². The summed E-state index contributed by atoms with van der Waals surface area (Å²) in [5.74, 6) is 1.69. The van der Waals surface area contributed by atoms with E-state index in [0.29, 0.717) is 0 Å². The summed E-state index contributed by atoms with van der Waals surface area (Å²) >= 11 is 3.53. The number of aryl methyl sites for hydroxylation is 2. The fourth-order valence-electron chi connectivity index (χ4n) is 1.93. The third-order valence-electron chi connectivity index (χ3n) is 2.96. The van der Waals surface area contributed by atoms with Gasteiger partial charge < -0.3 is 10.3 Å². The lowest BCUT2D eigenvalue weighted by Crippen LogP contribution is -2.02. The molecule has 1 aromatic carbocycles. The smallest absolute Gasteiger partial charge is 0.131 e. The standard InChI is InChI=1S/C13H16BrN3/c1-4-17-9(3)16-12(13(17)15)10-6-5-8(2)11(14)7-10/h5-7H,4,15H2,1-3H3. The van der Waals surface area contributed by atoms with Gasteiger partial charge in [0.1, 0.15) is 17.3 Å². The molecule has 2 N–H and O–H groups in total. The Morgan fingerprint density at radius 2 is 2.06 bits per heavy atom. The lowest BCUT2D eigenvalue weighted by Gasteiger charge is -2.05. The van der Waals surface area contributed by atoms with E-state index in [9.17, 15) is 0 Å². The van der Waals surface area contributed by atoms with E-state index in [0.717, 1.165) is 33.9 Å². The van der Waals surface area contributed by atoms with Crippen LogP contribution in [0.3, 0.4) is 0 Å². The Labute approximate surface area is 110 Å². The average Bonchev–Trinajstić information content (AvgIpc) is 2.58. The van der Waals surface area contributed by atoms with Crippen LogP contribution in [0.4, 0.5) is 5.82 Å². The first-order valence-corrected chi connectivity index (χ1v) is 6.43. The van der Waals surface area contributed by atoms with Gasteiger partial charge in [-0.05, 0) is 32.4 Å². The third-order valence-corrected chi connectivity index (χ3v) is 3.81. The fourth-order valence-corrected chi connectivity index (χ4v) is 2.31. The number of nitrogen functional groups attached to an aromatic ring is 1. The lowest BCUT2D eigenvalue weighted by molar-refractivity contribution is 0.739. The quantitative estimate of drug-likeness (QED) is 0.920.